The number of nitrogens with one attached hydrogen (secondary N) is 2. The molecule has 10 heteroatoms. The first kappa shape index (κ1) is 24.1. The minimum Gasteiger partial charge on any atom is -0.487 e. The summed E-state index contributed by atoms with van der Waals surface area (Å²) in [6, 6.07) is 14.9. The summed E-state index contributed by atoms with van der Waals surface area (Å²) in [7, 11) is 0. The summed E-state index contributed by atoms with van der Waals surface area (Å²) in [4.78, 5) is 14.4. The first-order valence-corrected chi connectivity index (χ1v) is 10.3. The molecule has 0 aliphatic carbocycles. The molecule has 0 radical (unpaired) electrons. The molecule has 1 fully saturated rings. The van der Waals surface area contributed by atoms with Gasteiger partial charge in [0.05, 0.1) is 0 Å². The van der Waals surface area contributed by atoms with Crippen LogP contribution in [0.4, 0.5) is 10.1 Å². The minimum absolute atomic E-state index is 0. The fourth-order valence-corrected chi connectivity index (χ4v) is 3.58. The molecule has 4 N–H and O–H groups in total. The summed E-state index contributed by atoms with van der Waals surface area (Å²) in [5.74, 6) is 0.679. The summed E-state index contributed by atoms with van der Waals surface area (Å²) in [5.41, 5.74) is 7.47. The number of carbonyl (C=O) groups excluding carboxylic acids is 1. The molecule has 2 aromatic carbocycles. The van der Waals surface area contributed by atoms with E-state index in [-0.39, 0.29) is 42.6 Å². The van der Waals surface area contributed by atoms with Crippen molar-refractivity contribution in [2.75, 3.05) is 18.4 Å². The molecule has 1 aliphatic rings. The van der Waals surface area contributed by atoms with Crippen molar-refractivity contribution in [2.24, 2.45) is 11.7 Å². The van der Waals surface area contributed by atoms with E-state index < -0.39 is 0 Å². The topological polar surface area (TPSA) is 117 Å². The zero-order chi connectivity index (χ0) is 22.5. The van der Waals surface area contributed by atoms with Crippen LogP contribution >= 0.6 is 12.4 Å². The number of hydrogen-bond donors (Lipinski definition) is 3. The number of guanidine groups is 1. The Balaban J connectivity index is 0.00000306. The van der Waals surface area contributed by atoms with Crippen molar-refractivity contribution >= 4 is 30.0 Å². The van der Waals surface area contributed by atoms with Crippen LogP contribution in [0.25, 0.3) is 11.3 Å². The summed E-state index contributed by atoms with van der Waals surface area (Å²) in [6.45, 7) is 1.40. The number of rotatable bonds is 6. The van der Waals surface area contributed by atoms with Crippen LogP contribution in [0.3, 0.4) is 0 Å². The number of nitrogens with two attached hydrogens (primary N) is 1. The zero-order valence-corrected chi connectivity index (χ0v) is 18.6. The monoisotopic (exact) mass is 473 g/mol. The lowest BCUT2D eigenvalue weighted by atomic mass is 9.96. The molecule has 1 aliphatic heterocycles. The third kappa shape index (κ3) is 6.23. The Bertz CT molecular complexity index is 1100. The van der Waals surface area contributed by atoms with Gasteiger partial charge in [-0.2, -0.15) is 0 Å². The van der Waals surface area contributed by atoms with Gasteiger partial charge >= 0.3 is 0 Å². The highest BCUT2D eigenvalue weighted by molar-refractivity contribution is 5.93. The molecule has 2 heterocycles. The highest BCUT2D eigenvalue weighted by atomic mass is 35.5. The van der Waals surface area contributed by atoms with E-state index in [4.69, 9.17) is 20.4 Å². The molecule has 0 atom stereocenters. The van der Waals surface area contributed by atoms with Crippen molar-refractivity contribution in [3.63, 3.8) is 0 Å². The van der Waals surface area contributed by atoms with Gasteiger partial charge in [0, 0.05) is 42.4 Å². The maximum atomic E-state index is 13.1. The van der Waals surface area contributed by atoms with Crippen LogP contribution < -0.4 is 15.8 Å². The highest BCUT2D eigenvalue weighted by Crippen LogP contribution is 2.24. The summed E-state index contributed by atoms with van der Waals surface area (Å²) < 4.78 is 24.2. The van der Waals surface area contributed by atoms with E-state index in [1.54, 1.807) is 47.4 Å². The van der Waals surface area contributed by atoms with Gasteiger partial charge in [-0.25, -0.2) is 4.39 Å². The molecule has 1 saturated heterocycles. The van der Waals surface area contributed by atoms with Gasteiger partial charge in [0.25, 0.3) is 0 Å². The number of hydrogen-bond acceptors (Lipinski definition) is 5. The Labute approximate surface area is 196 Å². The van der Waals surface area contributed by atoms with E-state index in [1.165, 1.54) is 12.1 Å². The number of piperidine rings is 1. The smallest absolute Gasteiger partial charge is 0.227 e. The quantitative estimate of drug-likeness (QED) is 0.367. The number of aromatic nitrogens is 1. The van der Waals surface area contributed by atoms with E-state index in [0.717, 1.165) is 5.56 Å². The van der Waals surface area contributed by atoms with Crippen molar-refractivity contribution in [3.8, 4) is 17.1 Å². The number of benzene rings is 2. The molecule has 3 aromatic rings. The minimum atomic E-state index is -0.315. The Kier molecular flexibility index (Phi) is 7.89. The second kappa shape index (κ2) is 10.8. The normalized spacial score (nSPS) is 13.8. The lowest BCUT2D eigenvalue weighted by Crippen LogP contribution is -2.44. The second-order valence-electron chi connectivity index (χ2n) is 7.64. The first-order chi connectivity index (χ1) is 15.5. The number of ether oxygens (including phenoxy) is 1. The maximum absolute atomic E-state index is 13.1. The molecule has 4 rings (SSSR count). The van der Waals surface area contributed by atoms with E-state index in [9.17, 15) is 9.18 Å². The van der Waals surface area contributed by atoms with Gasteiger partial charge in [-0.1, -0.05) is 11.2 Å². The number of carbonyl (C=O) groups is 1. The first-order valence-electron chi connectivity index (χ1n) is 10.3. The van der Waals surface area contributed by atoms with Crippen LogP contribution in [-0.2, 0) is 11.4 Å². The van der Waals surface area contributed by atoms with Crippen LogP contribution in [0.1, 0.15) is 18.5 Å². The van der Waals surface area contributed by atoms with Crippen molar-refractivity contribution < 1.29 is 18.4 Å². The van der Waals surface area contributed by atoms with E-state index in [0.29, 0.717) is 48.8 Å². The van der Waals surface area contributed by atoms with E-state index >= 15 is 0 Å². The number of halogens is 2. The lowest BCUT2D eigenvalue weighted by Gasteiger charge is -2.31. The zero-order valence-electron chi connectivity index (χ0n) is 17.8. The number of amides is 1. The fraction of sp³-hybridized carbons (Fsp3) is 0.261. The van der Waals surface area contributed by atoms with Gasteiger partial charge in [0.1, 0.15) is 23.9 Å². The van der Waals surface area contributed by atoms with Crippen molar-refractivity contribution in [1.82, 2.24) is 10.1 Å². The van der Waals surface area contributed by atoms with Crippen molar-refractivity contribution in [2.45, 2.75) is 19.4 Å². The standard InChI is InChI=1S/C23H24FN5O3.ClH/c24-17-6-4-15(5-7-17)21-13-19(28-32-21)14-31-20-3-1-2-18(12-20)27-22(30)16-8-10-29(11-9-16)23(25)26;/h1-7,12-13,16H,8-11,14H2,(H3,25,26)(H,27,30);1H. The van der Waals surface area contributed by atoms with Crippen LogP contribution in [0, 0.1) is 17.1 Å². The van der Waals surface area contributed by atoms with Gasteiger partial charge < -0.3 is 25.2 Å². The lowest BCUT2D eigenvalue weighted by molar-refractivity contribution is -0.121. The van der Waals surface area contributed by atoms with E-state index in [2.05, 4.69) is 10.5 Å². The molecular formula is C23H25ClFN5O3. The number of nitrogens with zero attached hydrogens (tertiary/aromatic N) is 2. The Morgan fingerprint density at radius 3 is 2.64 bits per heavy atom. The van der Waals surface area contributed by atoms with Crippen LogP contribution in [0.2, 0.25) is 0 Å². The van der Waals surface area contributed by atoms with Crippen molar-refractivity contribution in [3.05, 3.63) is 66.1 Å². The van der Waals surface area contributed by atoms with Gasteiger partial charge in [0.15, 0.2) is 11.7 Å². The van der Waals surface area contributed by atoms with Gasteiger partial charge in [0.2, 0.25) is 5.91 Å². The predicted molar refractivity (Wildman–Crippen MR) is 125 cm³/mol. The molecule has 8 nitrogen and oxygen atoms in total. The molecule has 0 bridgehead atoms. The Morgan fingerprint density at radius 1 is 1.21 bits per heavy atom. The summed E-state index contributed by atoms with van der Waals surface area (Å²) >= 11 is 0. The second-order valence-corrected chi connectivity index (χ2v) is 7.64. The molecular weight excluding hydrogens is 449 g/mol. The van der Waals surface area contributed by atoms with Crippen LogP contribution in [0.5, 0.6) is 5.75 Å². The average molecular weight is 474 g/mol. The van der Waals surface area contributed by atoms with Crippen molar-refractivity contribution in [1.29, 1.82) is 5.41 Å². The molecule has 1 amide bonds. The van der Waals surface area contributed by atoms with Gasteiger partial charge in [-0.15, -0.1) is 12.4 Å². The van der Waals surface area contributed by atoms with Gasteiger partial charge in [-0.05, 0) is 49.2 Å². The number of anilines is 1. The maximum Gasteiger partial charge on any atom is 0.227 e. The molecule has 0 saturated carbocycles. The molecule has 0 unspecified atom stereocenters. The van der Waals surface area contributed by atoms with Crippen LogP contribution in [-0.4, -0.2) is 35.0 Å². The van der Waals surface area contributed by atoms with Gasteiger partial charge in [-0.3, -0.25) is 10.2 Å². The van der Waals surface area contributed by atoms with E-state index in [1.807, 2.05) is 0 Å². The number of likely N-dealkylation sites (tertiary alicyclic amines) is 1. The molecule has 1 aromatic heterocycles. The third-order valence-corrected chi connectivity index (χ3v) is 5.38. The molecule has 0 spiro atoms. The molecule has 174 valence electrons. The Morgan fingerprint density at radius 2 is 1.94 bits per heavy atom. The third-order valence-electron chi connectivity index (χ3n) is 5.38. The largest absolute Gasteiger partial charge is 0.487 e. The molecule has 33 heavy (non-hydrogen) atoms. The SMILES string of the molecule is Cl.N=C(N)N1CCC(C(=O)Nc2cccc(OCc3cc(-c4ccc(F)cc4)on3)c2)CC1. The highest BCUT2D eigenvalue weighted by Gasteiger charge is 2.25. The summed E-state index contributed by atoms with van der Waals surface area (Å²) in [5, 5.41) is 14.4. The predicted octanol–water partition coefficient (Wildman–Crippen LogP) is 4.03. The Hall–Kier alpha value is -3.59. The summed E-state index contributed by atoms with van der Waals surface area (Å²) in [6.07, 6.45) is 1.31. The average Bonchev–Trinajstić information content (AvgIpc) is 3.27. The fourth-order valence-electron chi connectivity index (χ4n) is 3.58. The van der Waals surface area contributed by atoms with Crippen LogP contribution in [0.15, 0.2) is 59.1 Å².